The summed E-state index contributed by atoms with van der Waals surface area (Å²) in [6, 6.07) is 0. The molecule has 0 radical (unpaired) electrons. The standard InChI is InChI=1S/C22H39ClN2O2/c1-19(2,23)16-10-13-22(5,27-16)15-9-11-20(3,24-6)14-8-12-21(4,25-7)18(26)17(14)15/h14-18,26H,8-13H2,1-7H3/q-2. The van der Waals surface area contributed by atoms with Crippen molar-refractivity contribution in [3.8, 4) is 0 Å². The Morgan fingerprint density at radius 3 is 2.00 bits per heavy atom. The van der Waals surface area contributed by atoms with Crippen molar-refractivity contribution in [3.05, 3.63) is 10.6 Å². The van der Waals surface area contributed by atoms with Gasteiger partial charge in [-0.25, -0.2) is 0 Å². The number of hydrogen-bond acceptors (Lipinski definition) is 2. The molecule has 8 atom stereocenters. The average molecular weight is 399 g/mol. The molecular weight excluding hydrogens is 360 g/mol. The van der Waals surface area contributed by atoms with Gasteiger partial charge in [0.25, 0.3) is 0 Å². The molecular formula is C22H39ClN2O2-2. The molecule has 3 rings (SSSR count). The number of fused-ring (bicyclic) bond motifs is 1. The van der Waals surface area contributed by atoms with Crippen LogP contribution in [0.25, 0.3) is 10.6 Å². The molecule has 2 saturated carbocycles. The molecule has 3 aliphatic rings. The number of halogens is 1. The van der Waals surface area contributed by atoms with Gasteiger partial charge in [0.2, 0.25) is 0 Å². The van der Waals surface area contributed by atoms with Gasteiger partial charge in [-0.05, 0) is 57.8 Å². The number of aliphatic hydroxyl groups excluding tert-OH is 1. The normalized spacial score (nSPS) is 51.2. The molecule has 27 heavy (non-hydrogen) atoms. The summed E-state index contributed by atoms with van der Waals surface area (Å²) in [5.74, 6) is 0.865. The minimum Gasteiger partial charge on any atom is -0.659 e. The number of alkyl halides is 1. The van der Waals surface area contributed by atoms with Crippen LogP contribution < -0.4 is 0 Å². The van der Waals surface area contributed by atoms with Crippen LogP contribution in [0.3, 0.4) is 0 Å². The number of ether oxygens (including phenoxy) is 1. The second-order valence-corrected chi connectivity index (χ2v) is 11.5. The zero-order valence-electron chi connectivity index (χ0n) is 18.3. The van der Waals surface area contributed by atoms with Crippen LogP contribution in [0.2, 0.25) is 0 Å². The van der Waals surface area contributed by atoms with Gasteiger partial charge in [-0.2, -0.15) is 14.1 Å². The maximum Gasteiger partial charge on any atom is 0.0769 e. The molecule has 0 aromatic heterocycles. The third-order valence-corrected chi connectivity index (χ3v) is 8.78. The highest BCUT2D eigenvalue weighted by Crippen LogP contribution is 2.59. The number of rotatable bonds is 4. The van der Waals surface area contributed by atoms with E-state index in [2.05, 4.69) is 26.1 Å². The van der Waals surface area contributed by atoms with E-state index in [4.69, 9.17) is 21.7 Å². The summed E-state index contributed by atoms with van der Waals surface area (Å²) >= 11 is 6.60. The molecule has 0 amide bonds. The first-order valence-corrected chi connectivity index (χ1v) is 11.0. The van der Waals surface area contributed by atoms with Gasteiger partial charge in [-0.1, -0.05) is 38.6 Å². The molecule has 1 aliphatic heterocycles. The molecule has 3 fully saturated rings. The van der Waals surface area contributed by atoms with Crippen molar-refractivity contribution in [3.63, 3.8) is 0 Å². The van der Waals surface area contributed by atoms with E-state index >= 15 is 0 Å². The fraction of sp³-hybridized carbons (Fsp3) is 1.00. The molecule has 1 heterocycles. The van der Waals surface area contributed by atoms with Crippen LogP contribution in [0.15, 0.2) is 0 Å². The summed E-state index contributed by atoms with van der Waals surface area (Å²) < 4.78 is 6.65. The maximum absolute atomic E-state index is 11.5. The average Bonchev–Trinajstić information content (AvgIpc) is 3.02. The summed E-state index contributed by atoms with van der Waals surface area (Å²) in [6.07, 6.45) is 5.72. The van der Waals surface area contributed by atoms with Gasteiger partial charge < -0.3 is 20.5 Å². The zero-order valence-corrected chi connectivity index (χ0v) is 19.0. The fourth-order valence-electron chi connectivity index (χ4n) is 6.33. The van der Waals surface area contributed by atoms with E-state index in [1.165, 1.54) is 0 Å². The fourth-order valence-corrected chi connectivity index (χ4v) is 6.48. The largest absolute Gasteiger partial charge is 0.659 e. The highest BCUT2D eigenvalue weighted by molar-refractivity contribution is 6.23. The van der Waals surface area contributed by atoms with E-state index in [9.17, 15) is 5.11 Å². The van der Waals surface area contributed by atoms with E-state index in [-0.39, 0.29) is 33.6 Å². The van der Waals surface area contributed by atoms with Crippen molar-refractivity contribution in [1.29, 1.82) is 0 Å². The molecule has 1 saturated heterocycles. The quantitative estimate of drug-likeness (QED) is 0.656. The summed E-state index contributed by atoms with van der Waals surface area (Å²) in [7, 11) is 3.80. The Kier molecular flexibility index (Phi) is 5.76. The van der Waals surface area contributed by atoms with E-state index in [0.29, 0.717) is 11.8 Å². The highest BCUT2D eigenvalue weighted by atomic mass is 35.5. The SMILES string of the molecule is C[N-]C1(C)CCC2C(C1O)C(C1(C)CCC(C(C)(C)Cl)O1)CCC2(C)[N-]C. The van der Waals surface area contributed by atoms with Crippen molar-refractivity contribution in [2.75, 3.05) is 14.1 Å². The summed E-state index contributed by atoms with van der Waals surface area (Å²) in [5.41, 5.74) is -0.662. The molecule has 2 aliphatic carbocycles. The van der Waals surface area contributed by atoms with E-state index in [1.54, 1.807) is 0 Å². The first-order chi connectivity index (χ1) is 12.4. The lowest BCUT2D eigenvalue weighted by Crippen LogP contribution is -2.62. The number of likely N-dealkylation sites (N-methyl/N-ethyl adjacent to an activating group) is 1. The molecule has 8 unspecified atom stereocenters. The minimum absolute atomic E-state index is 0.0582. The van der Waals surface area contributed by atoms with Crippen molar-refractivity contribution in [2.24, 2.45) is 17.8 Å². The van der Waals surface area contributed by atoms with Crippen LogP contribution >= 0.6 is 11.6 Å². The van der Waals surface area contributed by atoms with Crippen LogP contribution in [0.1, 0.15) is 73.1 Å². The summed E-state index contributed by atoms with van der Waals surface area (Å²) in [5, 5.41) is 20.9. The number of nitrogens with zero attached hydrogens (tertiary/aromatic N) is 2. The van der Waals surface area contributed by atoms with Crippen LogP contribution in [0.5, 0.6) is 0 Å². The lowest BCUT2D eigenvalue weighted by molar-refractivity contribution is -0.157. The monoisotopic (exact) mass is 398 g/mol. The topological polar surface area (TPSA) is 57.7 Å². The Labute approximate surface area is 171 Å². The number of aliphatic hydroxyl groups is 1. The molecule has 158 valence electrons. The van der Waals surface area contributed by atoms with E-state index < -0.39 is 6.10 Å². The Hall–Kier alpha value is 0.130. The maximum atomic E-state index is 11.5. The molecule has 0 bridgehead atoms. The predicted octanol–water partition coefficient (Wildman–Crippen LogP) is 5.26. The van der Waals surface area contributed by atoms with Gasteiger partial charge in [0.15, 0.2) is 0 Å². The third-order valence-electron chi connectivity index (χ3n) is 8.54. The minimum atomic E-state index is -0.448. The van der Waals surface area contributed by atoms with Crippen molar-refractivity contribution in [1.82, 2.24) is 0 Å². The van der Waals surface area contributed by atoms with Gasteiger partial charge in [0.05, 0.1) is 16.6 Å². The van der Waals surface area contributed by atoms with E-state index in [1.807, 2.05) is 27.9 Å². The van der Waals surface area contributed by atoms with Crippen molar-refractivity contribution in [2.45, 2.75) is 107 Å². The molecule has 5 heteroatoms. The van der Waals surface area contributed by atoms with Gasteiger partial charge in [0.1, 0.15) is 0 Å². The van der Waals surface area contributed by atoms with Gasteiger partial charge in [0, 0.05) is 6.10 Å². The second-order valence-electron chi connectivity index (χ2n) is 10.5. The van der Waals surface area contributed by atoms with Crippen molar-refractivity contribution >= 4 is 11.6 Å². The van der Waals surface area contributed by atoms with Crippen LogP contribution in [0, 0.1) is 17.8 Å². The van der Waals surface area contributed by atoms with Crippen LogP contribution in [-0.2, 0) is 4.74 Å². The lowest BCUT2D eigenvalue weighted by atomic mass is 9.51. The molecule has 1 N–H and O–H groups in total. The zero-order chi connectivity index (χ0) is 20.3. The molecule has 0 aromatic rings. The predicted molar refractivity (Wildman–Crippen MR) is 113 cm³/mol. The highest BCUT2D eigenvalue weighted by Gasteiger charge is 2.57. The van der Waals surface area contributed by atoms with Gasteiger partial charge in [-0.15, -0.1) is 17.1 Å². The summed E-state index contributed by atoms with van der Waals surface area (Å²) in [6.45, 7) is 10.7. The summed E-state index contributed by atoms with van der Waals surface area (Å²) in [4.78, 5) is -0.364. The Bertz CT molecular complexity index is 553. The van der Waals surface area contributed by atoms with E-state index in [0.717, 1.165) is 38.5 Å². The number of hydrogen-bond donors (Lipinski definition) is 1. The smallest absolute Gasteiger partial charge is 0.0769 e. The Morgan fingerprint density at radius 2 is 1.48 bits per heavy atom. The Morgan fingerprint density at radius 1 is 0.926 bits per heavy atom. The molecule has 0 aromatic carbocycles. The van der Waals surface area contributed by atoms with Crippen molar-refractivity contribution < 1.29 is 9.84 Å². The van der Waals surface area contributed by atoms with Crippen LogP contribution in [-0.4, -0.2) is 53.0 Å². The van der Waals surface area contributed by atoms with Gasteiger partial charge in [-0.3, -0.25) is 0 Å². The van der Waals surface area contributed by atoms with Gasteiger partial charge >= 0.3 is 0 Å². The first-order valence-electron chi connectivity index (χ1n) is 10.7. The van der Waals surface area contributed by atoms with Crippen LogP contribution in [0.4, 0.5) is 0 Å². The third kappa shape index (κ3) is 3.59. The Balaban J connectivity index is 1.94. The molecule has 0 spiro atoms. The first kappa shape index (κ1) is 21.8. The second kappa shape index (κ2) is 7.12. The molecule has 4 nitrogen and oxygen atoms in total. The lowest BCUT2D eigenvalue weighted by Gasteiger charge is -2.67.